The van der Waals surface area contributed by atoms with Crippen LogP contribution in [-0.4, -0.2) is 31.5 Å². The van der Waals surface area contributed by atoms with Crippen molar-refractivity contribution in [1.82, 2.24) is 0 Å². The summed E-state index contributed by atoms with van der Waals surface area (Å²) in [6.45, 7) is 7.81. The summed E-state index contributed by atoms with van der Waals surface area (Å²) in [5, 5.41) is 0. The first-order valence-corrected chi connectivity index (χ1v) is 6.05. The Bertz CT molecular complexity index is 212. The molecule has 0 rings (SSSR count). The quantitative estimate of drug-likeness (QED) is 0.483. The van der Waals surface area contributed by atoms with Gasteiger partial charge in [-0.15, -0.1) is 6.42 Å². The molecule has 0 aromatic carbocycles. The molecular weight excluding hydrogens is 202 g/mol. The van der Waals surface area contributed by atoms with E-state index in [4.69, 9.17) is 21.6 Å². The minimum atomic E-state index is -0.459. The van der Waals surface area contributed by atoms with Crippen LogP contribution in [0.4, 0.5) is 0 Å². The van der Waals surface area contributed by atoms with Crippen LogP contribution in [0.3, 0.4) is 0 Å². The lowest BCUT2D eigenvalue weighted by molar-refractivity contribution is -0.0452. The highest BCUT2D eigenvalue weighted by Crippen LogP contribution is 2.13. The molecule has 0 aliphatic carbocycles. The average molecular weight is 227 g/mol. The Morgan fingerprint density at radius 3 is 2.50 bits per heavy atom. The van der Waals surface area contributed by atoms with Crippen LogP contribution in [-0.2, 0) is 9.47 Å². The minimum absolute atomic E-state index is 0.243. The molecule has 0 saturated carbocycles. The van der Waals surface area contributed by atoms with Crippen molar-refractivity contribution in [1.29, 1.82) is 0 Å². The molecule has 2 atom stereocenters. The Morgan fingerprint density at radius 2 is 2.06 bits per heavy atom. The summed E-state index contributed by atoms with van der Waals surface area (Å²) in [4.78, 5) is 0. The van der Waals surface area contributed by atoms with E-state index in [1.807, 2.05) is 13.8 Å². The zero-order valence-corrected chi connectivity index (χ0v) is 10.8. The van der Waals surface area contributed by atoms with Crippen LogP contribution in [0.15, 0.2) is 0 Å². The highest BCUT2D eigenvalue weighted by Gasteiger charge is 2.18. The number of hydrogen-bond acceptors (Lipinski definition) is 3. The van der Waals surface area contributed by atoms with Gasteiger partial charge in [0.05, 0.1) is 19.3 Å². The summed E-state index contributed by atoms with van der Waals surface area (Å²) in [5.74, 6) is 2.66. The van der Waals surface area contributed by atoms with Crippen molar-refractivity contribution in [3.05, 3.63) is 0 Å². The number of nitrogens with two attached hydrogens (primary N) is 1. The van der Waals surface area contributed by atoms with Crippen LogP contribution in [0, 0.1) is 12.3 Å². The third-order valence-electron chi connectivity index (χ3n) is 2.78. The van der Waals surface area contributed by atoms with E-state index < -0.39 is 5.60 Å². The van der Waals surface area contributed by atoms with Crippen molar-refractivity contribution < 1.29 is 9.47 Å². The van der Waals surface area contributed by atoms with Crippen LogP contribution in [0.25, 0.3) is 0 Å². The summed E-state index contributed by atoms with van der Waals surface area (Å²) >= 11 is 0. The van der Waals surface area contributed by atoms with Crippen molar-refractivity contribution in [3.8, 4) is 12.3 Å². The molecule has 3 nitrogen and oxygen atoms in total. The Labute approximate surface area is 99.7 Å². The summed E-state index contributed by atoms with van der Waals surface area (Å²) in [5.41, 5.74) is 5.02. The van der Waals surface area contributed by atoms with Gasteiger partial charge in [0.2, 0.25) is 0 Å². The van der Waals surface area contributed by atoms with E-state index in [0.29, 0.717) is 19.8 Å². The molecule has 0 spiro atoms. The molecular formula is C13H25NO2. The van der Waals surface area contributed by atoms with Crippen LogP contribution in [0.1, 0.15) is 40.0 Å². The maximum atomic E-state index is 5.64. The fraction of sp³-hybridized carbons (Fsp3) is 0.846. The van der Waals surface area contributed by atoms with Gasteiger partial charge < -0.3 is 15.2 Å². The van der Waals surface area contributed by atoms with E-state index in [1.165, 1.54) is 0 Å². The van der Waals surface area contributed by atoms with E-state index in [9.17, 15) is 0 Å². The molecule has 0 aliphatic rings. The number of hydrogen-bond donors (Lipinski definition) is 1. The second-order valence-electron chi connectivity index (χ2n) is 4.06. The molecule has 0 aliphatic heterocycles. The summed E-state index contributed by atoms with van der Waals surface area (Å²) in [6.07, 6.45) is 8.34. The SMILES string of the molecule is C#CC(C)(CC)OCCOC(CC)CCN. The fourth-order valence-electron chi connectivity index (χ4n) is 1.32. The Morgan fingerprint density at radius 1 is 1.38 bits per heavy atom. The zero-order valence-electron chi connectivity index (χ0n) is 10.8. The monoisotopic (exact) mass is 227 g/mol. The molecule has 2 N–H and O–H groups in total. The van der Waals surface area contributed by atoms with Gasteiger partial charge in [0, 0.05) is 0 Å². The fourth-order valence-corrected chi connectivity index (χ4v) is 1.32. The lowest BCUT2D eigenvalue weighted by Gasteiger charge is -2.23. The normalized spacial score (nSPS) is 16.4. The Balaban J connectivity index is 3.70. The smallest absolute Gasteiger partial charge is 0.125 e. The molecule has 0 amide bonds. The molecule has 16 heavy (non-hydrogen) atoms. The van der Waals surface area contributed by atoms with Gasteiger partial charge in [0.1, 0.15) is 5.60 Å². The van der Waals surface area contributed by atoms with E-state index in [2.05, 4.69) is 12.8 Å². The van der Waals surface area contributed by atoms with Crippen LogP contribution >= 0.6 is 0 Å². The van der Waals surface area contributed by atoms with Gasteiger partial charge in [0.15, 0.2) is 0 Å². The van der Waals surface area contributed by atoms with Gasteiger partial charge in [0.25, 0.3) is 0 Å². The van der Waals surface area contributed by atoms with Crippen molar-refractivity contribution in [2.24, 2.45) is 5.73 Å². The molecule has 2 unspecified atom stereocenters. The van der Waals surface area contributed by atoms with Gasteiger partial charge >= 0.3 is 0 Å². The predicted molar refractivity (Wildman–Crippen MR) is 67.2 cm³/mol. The largest absolute Gasteiger partial charge is 0.376 e. The van der Waals surface area contributed by atoms with Crippen LogP contribution < -0.4 is 5.73 Å². The second-order valence-corrected chi connectivity index (χ2v) is 4.06. The van der Waals surface area contributed by atoms with Crippen molar-refractivity contribution in [2.75, 3.05) is 19.8 Å². The first-order chi connectivity index (χ1) is 7.61. The van der Waals surface area contributed by atoms with Gasteiger partial charge in [-0.1, -0.05) is 19.8 Å². The Hall–Kier alpha value is -0.560. The standard InChI is InChI=1S/C13H25NO2/c1-5-12(8-9-14)15-10-11-16-13(4,6-2)7-3/h2,12H,5,7-11,14H2,1,3-4H3. The maximum absolute atomic E-state index is 5.64. The van der Waals surface area contributed by atoms with Crippen LogP contribution in [0.5, 0.6) is 0 Å². The molecule has 0 aromatic heterocycles. The molecule has 0 heterocycles. The molecule has 0 saturated heterocycles. The number of rotatable bonds is 9. The molecule has 0 bridgehead atoms. The molecule has 94 valence electrons. The zero-order chi connectivity index (χ0) is 12.4. The summed E-state index contributed by atoms with van der Waals surface area (Å²) in [6, 6.07) is 0. The third-order valence-corrected chi connectivity index (χ3v) is 2.78. The highest BCUT2D eigenvalue weighted by molar-refractivity contribution is 5.04. The van der Waals surface area contributed by atoms with E-state index in [0.717, 1.165) is 19.3 Å². The van der Waals surface area contributed by atoms with Gasteiger partial charge in [-0.3, -0.25) is 0 Å². The van der Waals surface area contributed by atoms with Gasteiger partial charge in [-0.25, -0.2) is 0 Å². The number of terminal acetylenes is 1. The lowest BCUT2D eigenvalue weighted by Crippen LogP contribution is -2.28. The maximum Gasteiger partial charge on any atom is 0.125 e. The number of ether oxygens (including phenoxy) is 2. The van der Waals surface area contributed by atoms with E-state index in [1.54, 1.807) is 0 Å². The van der Waals surface area contributed by atoms with E-state index >= 15 is 0 Å². The van der Waals surface area contributed by atoms with Crippen LogP contribution in [0.2, 0.25) is 0 Å². The molecule has 3 heteroatoms. The first-order valence-electron chi connectivity index (χ1n) is 6.05. The summed E-state index contributed by atoms with van der Waals surface area (Å²) < 4.78 is 11.3. The average Bonchev–Trinajstić information content (AvgIpc) is 2.32. The van der Waals surface area contributed by atoms with Crippen molar-refractivity contribution in [3.63, 3.8) is 0 Å². The minimum Gasteiger partial charge on any atom is -0.376 e. The third kappa shape index (κ3) is 6.12. The predicted octanol–water partition coefficient (Wildman–Crippen LogP) is 1.95. The lowest BCUT2D eigenvalue weighted by atomic mass is 10.1. The first kappa shape index (κ1) is 15.4. The Kier molecular flexibility index (Phi) is 8.28. The summed E-state index contributed by atoms with van der Waals surface area (Å²) in [7, 11) is 0. The molecule has 0 radical (unpaired) electrons. The molecule has 0 fully saturated rings. The van der Waals surface area contributed by atoms with E-state index in [-0.39, 0.29) is 6.10 Å². The highest BCUT2D eigenvalue weighted by atomic mass is 16.5. The van der Waals surface area contributed by atoms with Crippen molar-refractivity contribution >= 4 is 0 Å². The topological polar surface area (TPSA) is 44.5 Å². The van der Waals surface area contributed by atoms with Crippen molar-refractivity contribution in [2.45, 2.75) is 51.7 Å². The van der Waals surface area contributed by atoms with Gasteiger partial charge in [-0.05, 0) is 32.7 Å². The molecule has 0 aromatic rings. The second kappa shape index (κ2) is 8.58. The van der Waals surface area contributed by atoms with Gasteiger partial charge in [-0.2, -0.15) is 0 Å².